The number of likely N-dealkylation sites (tertiary alicyclic amines) is 1. The van der Waals surface area contributed by atoms with Gasteiger partial charge in [-0.2, -0.15) is 0 Å². The van der Waals surface area contributed by atoms with E-state index in [0.29, 0.717) is 41.3 Å². The number of benzene rings is 2. The Bertz CT molecular complexity index is 1140. The monoisotopic (exact) mass is 538 g/mol. The summed E-state index contributed by atoms with van der Waals surface area (Å²) in [5.41, 5.74) is 1.16. The highest BCUT2D eigenvalue weighted by atomic mass is 16.5. The summed E-state index contributed by atoms with van der Waals surface area (Å²) in [6, 6.07) is 11.3. The van der Waals surface area contributed by atoms with Crippen LogP contribution in [0.4, 0.5) is 0 Å². The van der Waals surface area contributed by atoms with Crippen LogP contribution in [0.2, 0.25) is 0 Å². The molecule has 1 amide bonds. The predicted molar refractivity (Wildman–Crippen MR) is 152 cm³/mol. The summed E-state index contributed by atoms with van der Waals surface area (Å²) in [6.45, 7) is 7.63. The summed E-state index contributed by atoms with van der Waals surface area (Å²) in [5.74, 6) is 0.117. The standard InChI is InChI=1S/C31H42N2O6/c1-6-8-17-32(18-9-7-2)19-10-20-33-28(23-13-16-25(38-4)26(21-23)39-5)27(30(35)31(33)36)29(34)22-11-14-24(37-3)15-12-22/h11-16,21,28,34H,6-10,17-20H2,1-5H3/t28-/m1/s1. The molecule has 1 aliphatic heterocycles. The maximum absolute atomic E-state index is 13.4. The second kappa shape index (κ2) is 14.6. The second-order valence-electron chi connectivity index (χ2n) is 9.74. The minimum Gasteiger partial charge on any atom is -0.507 e. The summed E-state index contributed by atoms with van der Waals surface area (Å²) in [4.78, 5) is 30.8. The summed E-state index contributed by atoms with van der Waals surface area (Å²) in [7, 11) is 4.65. The number of carbonyl (C=O) groups excluding carboxylic acids is 2. The number of amides is 1. The van der Waals surface area contributed by atoms with E-state index >= 15 is 0 Å². The number of aliphatic hydroxyl groups excluding tert-OH is 1. The average Bonchev–Trinajstić information content (AvgIpc) is 3.22. The van der Waals surface area contributed by atoms with Crippen LogP contribution in [0.15, 0.2) is 48.0 Å². The molecule has 8 heteroatoms. The first kappa shape index (κ1) is 30.0. The zero-order valence-corrected chi connectivity index (χ0v) is 23.9. The second-order valence-corrected chi connectivity index (χ2v) is 9.74. The van der Waals surface area contributed by atoms with E-state index in [0.717, 1.165) is 45.3 Å². The number of ketones is 1. The first-order valence-corrected chi connectivity index (χ1v) is 13.8. The number of ether oxygens (including phenoxy) is 3. The molecule has 2 aromatic rings. The van der Waals surface area contributed by atoms with Gasteiger partial charge in [0.2, 0.25) is 0 Å². The summed E-state index contributed by atoms with van der Waals surface area (Å²) in [5, 5.41) is 11.3. The molecule has 0 bridgehead atoms. The lowest BCUT2D eigenvalue weighted by molar-refractivity contribution is -0.140. The van der Waals surface area contributed by atoms with Crippen LogP contribution in [-0.2, 0) is 9.59 Å². The van der Waals surface area contributed by atoms with Crippen molar-refractivity contribution in [3.05, 3.63) is 59.2 Å². The number of methoxy groups -OCH3 is 3. The molecular weight excluding hydrogens is 496 g/mol. The number of hydrogen-bond acceptors (Lipinski definition) is 7. The lowest BCUT2D eigenvalue weighted by atomic mass is 9.95. The van der Waals surface area contributed by atoms with Gasteiger partial charge in [0.25, 0.3) is 11.7 Å². The molecule has 8 nitrogen and oxygen atoms in total. The third-order valence-corrected chi connectivity index (χ3v) is 7.16. The molecule has 0 radical (unpaired) electrons. The maximum Gasteiger partial charge on any atom is 0.295 e. The third kappa shape index (κ3) is 7.12. The van der Waals surface area contributed by atoms with Crippen molar-refractivity contribution in [2.45, 2.75) is 52.0 Å². The van der Waals surface area contributed by atoms with Crippen molar-refractivity contribution >= 4 is 17.4 Å². The van der Waals surface area contributed by atoms with Crippen molar-refractivity contribution in [3.8, 4) is 17.2 Å². The van der Waals surface area contributed by atoms with Gasteiger partial charge in [-0.15, -0.1) is 0 Å². The predicted octanol–water partition coefficient (Wildman–Crippen LogP) is 5.43. The van der Waals surface area contributed by atoms with Gasteiger partial charge in [-0.05, 0) is 80.9 Å². The van der Waals surface area contributed by atoms with Crippen LogP contribution < -0.4 is 14.2 Å². The van der Waals surface area contributed by atoms with Gasteiger partial charge in [0.15, 0.2) is 11.5 Å². The minimum absolute atomic E-state index is 0.0613. The van der Waals surface area contributed by atoms with E-state index in [9.17, 15) is 14.7 Å². The number of rotatable bonds is 15. The van der Waals surface area contributed by atoms with Crippen LogP contribution in [0.5, 0.6) is 17.2 Å². The lowest BCUT2D eigenvalue weighted by Crippen LogP contribution is -2.34. The summed E-state index contributed by atoms with van der Waals surface area (Å²) < 4.78 is 16.1. The first-order chi connectivity index (χ1) is 18.9. The maximum atomic E-state index is 13.4. The lowest BCUT2D eigenvalue weighted by Gasteiger charge is -2.28. The molecule has 212 valence electrons. The van der Waals surface area contributed by atoms with Crippen LogP contribution >= 0.6 is 0 Å². The Hall–Kier alpha value is -3.52. The third-order valence-electron chi connectivity index (χ3n) is 7.16. The molecule has 1 saturated heterocycles. The van der Waals surface area contributed by atoms with Crippen molar-refractivity contribution in [1.82, 2.24) is 9.80 Å². The fourth-order valence-corrected chi connectivity index (χ4v) is 4.95. The molecule has 1 N–H and O–H groups in total. The average molecular weight is 539 g/mol. The van der Waals surface area contributed by atoms with Gasteiger partial charge in [0, 0.05) is 12.1 Å². The van der Waals surface area contributed by atoms with Crippen LogP contribution in [0, 0.1) is 0 Å². The van der Waals surface area contributed by atoms with Gasteiger partial charge >= 0.3 is 0 Å². The van der Waals surface area contributed by atoms with E-state index in [1.54, 1.807) is 61.6 Å². The molecule has 0 saturated carbocycles. The van der Waals surface area contributed by atoms with E-state index in [1.165, 1.54) is 7.11 Å². The van der Waals surface area contributed by atoms with Crippen LogP contribution in [0.25, 0.3) is 5.76 Å². The Morgan fingerprint density at radius 3 is 2.03 bits per heavy atom. The first-order valence-electron chi connectivity index (χ1n) is 13.8. The molecule has 1 fully saturated rings. The molecule has 0 aromatic heterocycles. The molecule has 1 atom stereocenters. The molecule has 1 aliphatic rings. The Morgan fingerprint density at radius 1 is 0.846 bits per heavy atom. The van der Waals surface area contributed by atoms with Crippen molar-refractivity contribution in [3.63, 3.8) is 0 Å². The van der Waals surface area contributed by atoms with E-state index in [4.69, 9.17) is 14.2 Å². The summed E-state index contributed by atoms with van der Waals surface area (Å²) >= 11 is 0. The van der Waals surface area contributed by atoms with Crippen LogP contribution in [0.3, 0.4) is 0 Å². The molecule has 0 unspecified atom stereocenters. The highest BCUT2D eigenvalue weighted by Gasteiger charge is 2.46. The van der Waals surface area contributed by atoms with E-state index in [-0.39, 0.29) is 11.3 Å². The largest absolute Gasteiger partial charge is 0.507 e. The van der Waals surface area contributed by atoms with Gasteiger partial charge in [-0.25, -0.2) is 0 Å². The van der Waals surface area contributed by atoms with Crippen molar-refractivity contribution < 1.29 is 28.9 Å². The quantitative estimate of drug-likeness (QED) is 0.184. The zero-order valence-electron chi connectivity index (χ0n) is 23.9. The topological polar surface area (TPSA) is 88.5 Å². The van der Waals surface area contributed by atoms with Gasteiger partial charge in [-0.3, -0.25) is 9.59 Å². The molecule has 1 heterocycles. The molecule has 0 spiro atoms. The Morgan fingerprint density at radius 2 is 1.46 bits per heavy atom. The van der Waals surface area contributed by atoms with Crippen LogP contribution in [-0.4, -0.2) is 74.1 Å². The number of hydrogen-bond donors (Lipinski definition) is 1. The van der Waals surface area contributed by atoms with E-state index in [2.05, 4.69) is 18.7 Å². The Labute approximate surface area is 232 Å². The van der Waals surface area contributed by atoms with Gasteiger partial charge in [0.05, 0.1) is 32.9 Å². The van der Waals surface area contributed by atoms with E-state index < -0.39 is 17.7 Å². The number of Topliss-reactive ketones (excluding diaryl/α,β-unsaturated/α-hetero) is 1. The van der Waals surface area contributed by atoms with E-state index in [1.807, 2.05) is 0 Å². The van der Waals surface area contributed by atoms with Gasteiger partial charge in [0.1, 0.15) is 11.5 Å². The minimum atomic E-state index is -0.758. The Kier molecular flexibility index (Phi) is 11.2. The fourth-order valence-electron chi connectivity index (χ4n) is 4.95. The highest BCUT2D eigenvalue weighted by molar-refractivity contribution is 6.46. The molecule has 3 rings (SSSR count). The van der Waals surface area contributed by atoms with Crippen LogP contribution in [0.1, 0.15) is 63.1 Å². The molecular formula is C31H42N2O6. The SMILES string of the molecule is CCCCN(CCCC)CCCN1C(=O)C(=O)C(=C(O)c2ccc(OC)cc2)[C@H]1c1ccc(OC)c(OC)c1. The highest BCUT2D eigenvalue weighted by Crippen LogP contribution is 2.42. The Balaban J connectivity index is 1.99. The van der Waals surface area contributed by atoms with Crippen molar-refractivity contribution in [2.75, 3.05) is 47.5 Å². The number of nitrogens with zero attached hydrogens (tertiary/aromatic N) is 2. The van der Waals surface area contributed by atoms with Crippen molar-refractivity contribution in [2.24, 2.45) is 0 Å². The number of aliphatic hydroxyl groups is 1. The molecule has 39 heavy (non-hydrogen) atoms. The molecule has 0 aliphatic carbocycles. The van der Waals surface area contributed by atoms with Gasteiger partial charge < -0.3 is 29.1 Å². The van der Waals surface area contributed by atoms with Crippen molar-refractivity contribution in [1.29, 1.82) is 0 Å². The zero-order chi connectivity index (χ0) is 28.4. The fraction of sp³-hybridized carbons (Fsp3) is 0.484. The number of carbonyl (C=O) groups is 2. The van der Waals surface area contributed by atoms with Gasteiger partial charge in [-0.1, -0.05) is 32.8 Å². The normalized spacial score (nSPS) is 16.7. The number of unbranched alkanes of at least 4 members (excludes halogenated alkanes) is 2. The smallest absolute Gasteiger partial charge is 0.295 e. The summed E-state index contributed by atoms with van der Waals surface area (Å²) in [6.07, 6.45) is 5.22. The molecule has 2 aromatic carbocycles.